The van der Waals surface area contributed by atoms with E-state index < -0.39 is 11.0 Å². The fourth-order valence-electron chi connectivity index (χ4n) is 2.21. The maximum atomic E-state index is 12.0. The van der Waals surface area contributed by atoms with Crippen LogP contribution in [0.4, 0.5) is 0 Å². The van der Waals surface area contributed by atoms with Crippen LogP contribution in [0.15, 0.2) is 0 Å². The van der Waals surface area contributed by atoms with E-state index in [0.29, 0.717) is 13.1 Å². The predicted molar refractivity (Wildman–Crippen MR) is 80.4 cm³/mol. The van der Waals surface area contributed by atoms with Crippen LogP contribution in [0.3, 0.4) is 0 Å². The Morgan fingerprint density at radius 3 is 2.62 bits per heavy atom. The second-order valence-electron chi connectivity index (χ2n) is 6.14. The average molecular weight is 321 g/mol. The van der Waals surface area contributed by atoms with E-state index >= 15 is 0 Å². The van der Waals surface area contributed by atoms with E-state index in [4.69, 9.17) is 21.1 Å². The lowest BCUT2D eigenvalue weighted by Crippen LogP contribution is -2.57. The molecule has 2 unspecified atom stereocenters. The molecule has 0 bridgehead atoms. The second-order valence-corrected chi connectivity index (χ2v) is 6.79. The average Bonchev–Trinajstić information content (AvgIpc) is 2.35. The van der Waals surface area contributed by atoms with Gasteiger partial charge in [0.05, 0.1) is 18.3 Å². The third-order valence-corrected chi connectivity index (χ3v) is 3.35. The fraction of sp³-hybridized carbons (Fsp3) is 0.857. The van der Waals surface area contributed by atoms with Crippen molar-refractivity contribution in [3.05, 3.63) is 0 Å². The molecule has 0 radical (unpaired) electrons. The molecule has 6 nitrogen and oxygen atoms in total. The number of ether oxygens (including phenoxy) is 2. The van der Waals surface area contributed by atoms with Gasteiger partial charge in [0.2, 0.25) is 11.8 Å². The van der Waals surface area contributed by atoms with Gasteiger partial charge in [0.1, 0.15) is 12.0 Å². The Hall–Kier alpha value is -0.850. The molecule has 0 aromatic heterocycles. The molecular formula is C14H25ClN2O4. The molecular weight excluding hydrogens is 296 g/mol. The Labute approximate surface area is 131 Å². The largest absolute Gasteiger partial charge is 0.369 e. The molecule has 1 saturated heterocycles. The molecule has 1 aliphatic heterocycles. The minimum atomic E-state index is -0.559. The number of likely N-dealkylation sites (N-methyl/N-ethyl adjacent to an activating group) is 1. The molecule has 0 saturated carbocycles. The van der Waals surface area contributed by atoms with Crippen molar-refractivity contribution in [3.63, 3.8) is 0 Å². The predicted octanol–water partition coefficient (Wildman–Crippen LogP) is 0.725. The summed E-state index contributed by atoms with van der Waals surface area (Å²) in [5, 5.41) is -0.559. The number of morpholine rings is 1. The molecule has 1 rings (SSSR count). The zero-order valence-corrected chi connectivity index (χ0v) is 14.1. The zero-order valence-electron chi connectivity index (χ0n) is 13.4. The molecule has 2 atom stereocenters. The van der Waals surface area contributed by atoms with Crippen molar-refractivity contribution < 1.29 is 19.1 Å². The molecule has 0 aliphatic carbocycles. The van der Waals surface area contributed by atoms with E-state index in [9.17, 15) is 9.59 Å². The number of carbonyl (C=O) groups is 2. The van der Waals surface area contributed by atoms with E-state index in [0.717, 1.165) is 0 Å². The summed E-state index contributed by atoms with van der Waals surface area (Å²) >= 11 is 5.87. The Morgan fingerprint density at radius 2 is 2.10 bits per heavy atom. The summed E-state index contributed by atoms with van der Waals surface area (Å²) in [4.78, 5) is 26.7. The van der Waals surface area contributed by atoms with E-state index in [1.165, 1.54) is 4.90 Å². The Morgan fingerprint density at radius 1 is 1.48 bits per heavy atom. The van der Waals surface area contributed by atoms with Crippen LogP contribution in [0, 0.1) is 0 Å². The van der Waals surface area contributed by atoms with Crippen molar-refractivity contribution in [2.24, 2.45) is 0 Å². The van der Waals surface area contributed by atoms with Crippen molar-refractivity contribution in [3.8, 4) is 0 Å². The van der Waals surface area contributed by atoms with Crippen LogP contribution >= 0.6 is 11.6 Å². The van der Waals surface area contributed by atoms with Crippen LogP contribution in [-0.4, -0.2) is 79.1 Å². The van der Waals surface area contributed by atoms with Crippen LogP contribution in [0.5, 0.6) is 0 Å². The van der Waals surface area contributed by atoms with Crippen molar-refractivity contribution in [2.45, 2.75) is 37.9 Å². The van der Waals surface area contributed by atoms with Crippen molar-refractivity contribution >= 4 is 23.4 Å². The highest BCUT2D eigenvalue weighted by Crippen LogP contribution is 2.22. The number of hydrogen-bond acceptors (Lipinski definition) is 4. The van der Waals surface area contributed by atoms with Gasteiger partial charge < -0.3 is 19.3 Å². The van der Waals surface area contributed by atoms with Gasteiger partial charge in [0.15, 0.2) is 0 Å². The lowest BCUT2D eigenvalue weighted by Gasteiger charge is -2.43. The molecule has 21 heavy (non-hydrogen) atoms. The minimum Gasteiger partial charge on any atom is -0.369 e. The molecule has 0 aromatic rings. The van der Waals surface area contributed by atoms with Crippen LogP contribution in [-0.2, 0) is 19.1 Å². The van der Waals surface area contributed by atoms with Gasteiger partial charge in [-0.2, -0.15) is 0 Å². The second kappa shape index (κ2) is 7.42. The van der Waals surface area contributed by atoms with Crippen molar-refractivity contribution in [2.75, 3.05) is 40.4 Å². The van der Waals surface area contributed by atoms with Gasteiger partial charge in [-0.1, -0.05) is 0 Å². The maximum Gasteiger partial charge on any atom is 0.248 e. The van der Waals surface area contributed by atoms with Gasteiger partial charge in [-0.05, 0) is 20.8 Å². The Balaban J connectivity index is 2.54. The first-order valence-corrected chi connectivity index (χ1v) is 7.44. The summed E-state index contributed by atoms with van der Waals surface area (Å²) in [6.07, 6.45) is -0.261. The number of carbonyl (C=O) groups excluding carboxylic acids is 2. The lowest BCUT2D eigenvalue weighted by molar-refractivity contribution is -0.171. The molecule has 0 aromatic carbocycles. The van der Waals surface area contributed by atoms with Gasteiger partial charge >= 0.3 is 0 Å². The SMILES string of the molecule is CC(Cl)C(=O)N1CC(COCC(=O)N(C)C)OC(C)(C)C1. The number of hydrogen-bond donors (Lipinski definition) is 0. The molecule has 1 aliphatic rings. The first-order valence-electron chi connectivity index (χ1n) is 7.01. The normalized spacial score (nSPS) is 22.8. The molecule has 122 valence electrons. The van der Waals surface area contributed by atoms with E-state index in [2.05, 4.69) is 0 Å². The van der Waals surface area contributed by atoms with E-state index in [1.54, 1.807) is 25.9 Å². The summed E-state index contributed by atoms with van der Waals surface area (Å²) in [5.74, 6) is -0.213. The van der Waals surface area contributed by atoms with Gasteiger partial charge in [-0.25, -0.2) is 0 Å². The first-order chi connectivity index (χ1) is 9.62. The highest BCUT2D eigenvalue weighted by Gasteiger charge is 2.36. The zero-order chi connectivity index (χ0) is 16.2. The number of alkyl halides is 1. The van der Waals surface area contributed by atoms with E-state index in [1.807, 2.05) is 13.8 Å². The molecule has 1 heterocycles. The Bertz CT molecular complexity index is 385. The number of rotatable bonds is 5. The van der Waals surface area contributed by atoms with Crippen molar-refractivity contribution in [1.29, 1.82) is 0 Å². The smallest absolute Gasteiger partial charge is 0.248 e. The lowest BCUT2D eigenvalue weighted by atomic mass is 10.0. The third-order valence-electron chi connectivity index (χ3n) is 3.16. The van der Waals surface area contributed by atoms with Crippen LogP contribution in [0.25, 0.3) is 0 Å². The topological polar surface area (TPSA) is 59.1 Å². The maximum absolute atomic E-state index is 12.0. The summed E-state index contributed by atoms with van der Waals surface area (Å²) in [6, 6.07) is 0. The molecule has 2 amide bonds. The highest BCUT2D eigenvalue weighted by atomic mass is 35.5. The van der Waals surface area contributed by atoms with Gasteiger partial charge in [0, 0.05) is 27.2 Å². The van der Waals surface area contributed by atoms with Crippen LogP contribution < -0.4 is 0 Å². The van der Waals surface area contributed by atoms with Gasteiger partial charge in [0.25, 0.3) is 0 Å². The summed E-state index contributed by atoms with van der Waals surface area (Å²) < 4.78 is 11.3. The Kier molecular flexibility index (Phi) is 6.43. The highest BCUT2D eigenvalue weighted by molar-refractivity contribution is 6.30. The third kappa shape index (κ3) is 5.80. The summed E-state index contributed by atoms with van der Waals surface area (Å²) in [6.45, 7) is 6.70. The van der Waals surface area contributed by atoms with Gasteiger partial charge in [-0.3, -0.25) is 9.59 Å². The quantitative estimate of drug-likeness (QED) is 0.701. The minimum absolute atomic E-state index is 0.00709. The first kappa shape index (κ1) is 18.2. The monoisotopic (exact) mass is 320 g/mol. The van der Waals surface area contributed by atoms with Gasteiger partial charge in [-0.15, -0.1) is 11.6 Å². The molecule has 0 spiro atoms. The van der Waals surface area contributed by atoms with Crippen LogP contribution in [0.1, 0.15) is 20.8 Å². The standard InChI is InChI=1S/C14H25ClN2O4/c1-10(15)13(19)17-6-11(21-14(2,3)9-17)7-20-8-12(18)16(4)5/h10-11H,6-9H2,1-5H3. The molecule has 7 heteroatoms. The van der Waals surface area contributed by atoms with E-state index in [-0.39, 0.29) is 31.1 Å². The summed E-state index contributed by atoms with van der Waals surface area (Å²) in [5.41, 5.74) is -0.459. The molecule has 0 N–H and O–H groups in total. The van der Waals surface area contributed by atoms with Crippen molar-refractivity contribution in [1.82, 2.24) is 9.80 Å². The number of amides is 2. The number of nitrogens with zero attached hydrogens (tertiary/aromatic N) is 2. The number of halogens is 1. The summed E-state index contributed by atoms with van der Waals surface area (Å²) in [7, 11) is 3.35. The van der Waals surface area contributed by atoms with Crippen LogP contribution in [0.2, 0.25) is 0 Å². The molecule has 1 fully saturated rings. The fourth-order valence-corrected chi connectivity index (χ4v) is 2.35.